The lowest BCUT2D eigenvalue weighted by molar-refractivity contribution is -0.142. The van der Waals surface area contributed by atoms with Crippen LogP contribution in [0.2, 0.25) is 10.0 Å². The number of benzene rings is 2. The smallest absolute Gasteiger partial charge is 0.261 e. The van der Waals surface area contributed by atoms with Gasteiger partial charge in [0.2, 0.25) is 5.91 Å². The molecule has 184 valence electrons. The van der Waals surface area contributed by atoms with E-state index in [-0.39, 0.29) is 36.4 Å². The first kappa shape index (κ1) is 26.4. The van der Waals surface area contributed by atoms with Crippen molar-refractivity contribution in [1.29, 1.82) is 0 Å². The zero-order valence-electron chi connectivity index (χ0n) is 20.4. The number of amides is 2. The Labute approximate surface area is 212 Å². The van der Waals surface area contributed by atoms with E-state index in [4.69, 9.17) is 27.9 Å². The monoisotopic (exact) mass is 504 g/mol. The summed E-state index contributed by atoms with van der Waals surface area (Å²) in [6.07, 6.45) is 4.16. The highest BCUT2D eigenvalue weighted by Crippen LogP contribution is 2.27. The average molecular weight is 505 g/mol. The molecular weight excluding hydrogens is 471 g/mol. The lowest BCUT2D eigenvalue weighted by Crippen LogP contribution is -2.50. The lowest BCUT2D eigenvalue weighted by atomic mass is 9.87. The van der Waals surface area contributed by atoms with Crippen molar-refractivity contribution in [3.63, 3.8) is 0 Å². The Morgan fingerprint density at radius 1 is 1.06 bits per heavy atom. The second-order valence-corrected chi connectivity index (χ2v) is 10.8. The quantitative estimate of drug-likeness (QED) is 0.469. The van der Waals surface area contributed by atoms with Gasteiger partial charge in [0.05, 0.1) is 0 Å². The Morgan fingerprint density at radius 3 is 2.21 bits per heavy atom. The number of rotatable bonds is 8. The Kier molecular flexibility index (Phi) is 8.89. The Morgan fingerprint density at radius 2 is 1.65 bits per heavy atom. The number of nitrogens with zero attached hydrogens (tertiary/aromatic N) is 1. The van der Waals surface area contributed by atoms with Crippen LogP contribution < -0.4 is 10.1 Å². The van der Waals surface area contributed by atoms with Crippen LogP contribution in [0.5, 0.6) is 5.75 Å². The van der Waals surface area contributed by atoms with E-state index in [2.05, 4.69) is 26.1 Å². The highest BCUT2D eigenvalue weighted by Gasteiger charge is 2.29. The summed E-state index contributed by atoms with van der Waals surface area (Å²) in [5.41, 5.74) is 1.81. The number of carbonyl (C=O) groups excluding carboxylic acids is 2. The number of carbonyl (C=O) groups is 2. The van der Waals surface area contributed by atoms with E-state index in [0.717, 1.165) is 25.7 Å². The fourth-order valence-electron chi connectivity index (χ4n) is 4.11. The molecule has 1 fully saturated rings. The molecule has 7 heteroatoms. The number of hydrogen-bond donors (Lipinski definition) is 1. The summed E-state index contributed by atoms with van der Waals surface area (Å²) in [4.78, 5) is 27.8. The average Bonchev–Trinajstić information content (AvgIpc) is 3.29. The van der Waals surface area contributed by atoms with Crippen LogP contribution in [0, 0.1) is 0 Å². The molecular formula is C27H34Cl2N2O3. The summed E-state index contributed by atoms with van der Waals surface area (Å²) in [6.45, 7) is 8.07. The molecule has 0 spiro atoms. The van der Waals surface area contributed by atoms with Gasteiger partial charge in [0.15, 0.2) is 6.61 Å². The molecule has 34 heavy (non-hydrogen) atoms. The van der Waals surface area contributed by atoms with Crippen molar-refractivity contribution in [2.75, 3.05) is 6.61 Å². The minimum Gasteiger partial charge on any atom is -0.484 e. The summed E-state index contributed by atoms with van der Waals surface area (Å²) in [7, 11) is 0. The van der Waals surface area contributed by atoms with Gasteiger partial charge in [-0.25, -0.2) is 0 Å². The van der Waals surface area contributed by atoms with Crippen LogP contribution in [-0.4, -0.2) is 35.4 Å². The predicted octanol–water partition coefficient (Wildman–Crippen LogP) is 6.15. The van der Waals surface area contributed by atoms with E-state index in [9.17, 15) is 9.59 Å². The number of hydrogen-bond acceptors (Lipinski definition) is 3. The summed E-state index contributed by atoms with van der Waals surface area (Å²) in [5.74, 6) is 0.100. The maximum Gasteiger partial charge on any atom is 0.261 e. The van der Waals surface area contributed by atoms with Crippen molar-refractivity contribution in [1.82, 2.24) is 10.2 Å². The largest absolute Gasteiger partial charge is 0.484 e. The highest BCUT2D eigenvalue weighted by atomic mass is 35.5. The van der Waals surface area contributed by atoms with Crippen LogP contribution in [0.4, 0.5) is 0 Å². The van der Waals surface area contributed by atoms with Gasteiger partial charge in [0.25, 0.3) is 5.91 Å². The summed E-state index contributed by atoms with van der Waals surface area (Å²) in [5, 5.41) is 3.99. The van der Waals surface area contributed by atoms with Crippen LogP contribution in [0.3, 0.4) is 0 Å². The molecule has 1 saturated carbocycles. The molecule has 1 aliphatic carbocycles. The van der Waals surface area contributed by atoms with E-state index < -0.39 is 6.04 Å². The predicted molar refractivity (Wildman–Crippen MR) is 138 cm³/mol. The molecule has 2 amide bonds. The molecule has 0 heterocycles. The zero-order valence-corrected chi connectivity index (χ0v) is 21.9. The number of nitrogens with one attached hydrogen (secondary N) is 1. The summed E-state index contributed by atoms with van der Waals surface area (Å²) >= 11 is 12.7. The minimum absolute atomic E-state index is 0.0292. The number of ether oxygens (including phenoxy) is 1. The Balaban J connectivity index is 1.74. The van der Waals surface area contributed by atoms with Crippen molar-refractivity contribution in [3.05, 3.63) is 63.6 Å². The van der Waals surface area contributed by atoms with Gasteiger partial charge in [0.1, 0.15) is 11.8 Å². The van der Waals surface area contributed by atoms with Gasteiger partial charge in [-0.2, -0.15) is 0 Å². The van der Waals surface area contributed by atoms with E-state index in [1.807, 2.05) is 24.3 Å². The number of halogens is 2. The molecule has 0 saturated heterocycles. The third-order valence-corrected chi connectivity index (χ3v) is 7.05. The second-order valence-electron chi connectivity index (χ2n) is 9.95. The van der Waals surface area contributed by atoms with Crippen LogP contribution in [0.1, 0.15) is 64.5 Å². The van der Waals surface area contributed by atoms with Gasteiger partial charge < -0.3 is 15.0 Å². The van der Waals surface area contributed by atoms with Crippen molar-refractivity contribution in [2.24, 2.45) is 0 Å². The molecule has 1 N–H and O–H groups in total. The topological polar surface area (TPSA) is 58.6 Å². The van der Waals surface area contributed by atoms with Crippen molar-refractivity contribution in [2.45, 2.75) is 77.4 Å². The molecule has 1 unspecified atom stereocenters. The van der Waals surface area contributed by atoms with Gasteiger partial charge in [0, 0.05) is 28.2 Å². The van der Waals surface area contributed by atoms with Gasteiger partial charge in [-0.05, 0) is 55.0 Å². The van der Waals surface area contributed by atoms with E-state index in [0.29, 0.717) is 21.4 Å². The molecule has 0 bridgehead atoms. The molecule has 2 aromatic carbocycles. The Bertz CT molecular complexity index is 976. The summed E-state index contributed by atoms with van der Waals surface area (Å²) in [6, 6.07) is 12.4. The first-order valence-corrected chi connectivity index (χ1v) is 12.6. The highest BCUT2D eigenvalue weighted by molar-refractivity contribution is 6.36. The van der Waals surface area contributed by atoms with Crippen LogP contribution in [0.15, 0.2) is 42.5 Å². The van der Waals surface area contributed by atoms with Gasteiger partial charge in [-0.1, -0.05) is 75.0 Å². The van der Waals surface area contributed by atoms with E-state index in [1.165, 1.54) is 10.5 Å². The molecule has 1 atom stereocenters. The Hall–Kier alpha value is -2.24. The lowest BCUT2D eigenvalue weighted by Gasteiger charge is -2.30. The van der Waals surface area contributed by atoms with Gasteiger partial charge in [-0.15, -0.1) is 0 Å². The van der Waals surface area contributed by atoms with Crippen molar-refractivity contribution < 1.29 is 14.3 Å². The summed E-state index contributed by atoms with van der Waals surface area (Å²) < 4.78 is 5.79. The third-order valence-electron chi connectivity index (χ3n) is 6.34. The maximum absolute atomic E-state index is 13.3. The van der Waals surface area contributed by atoms with Crippen LogP contribution in [0.25, 0.3) is 0 Å². The second kappa shape index (κ2) is 11.5. The maximum atomic E-state index is 13.3. The zero-order chi connectivity index (χ0) is 24.9. The first-order chi connectivity index (χ1) is 16.1. The van der Waals surface area contributed by atoms with E-state index >= 15 is 0 Å². The fourth-order valence-corrected chi connectivity index (χ4v) is 4.62. The van der Waals surface area contributed by atoms with Gasteiger partial charge >= 0.3 is 0 Å². The molecule has 0 aliphatic heterocycles. The van der Waals surface area contributed by atoms with Crippen molar-refractivity contribution >= 4 is 35.0 Å². The molecule has 5 nitrogen and oxygen atoms in total. The fraction of sp³-hybridized carbons (Fsp3) is 0.481. The molecule has 0 radical (unpaired) electrons. The van der Waals surface area contributed by atoms with E-state index in [1.54, 1.807) is 25.1 Å². The third kappa shape index (κ3) is 6.89. The van der Waals surface area contributed by atoms with Gasteiger partial charge in [-0.3, -0.25) is 9.59 Å². The van der Waals surface area contributed by atoms with Crippen LogP contribution >= 0.6 is 23.2 Å². The molecule has 1 aliphatic rings. The normalized spacial score (nSPS) is 15.1. The minimum atomic E-state index is -0.702. The molecule has 2 aromatic rings. The molecule has 3 rings (SSSR count). The van der Waals surface area contributed by atoms with Crippen LogP contribution in [-0.2, 0) is 21.5 Å². The SMILES string of the molecule is CC(C(=O)NC1CCCC1)N(Cc1c(Cl)cccc1Cl)C(=O)COc1ccc(C(C)(C)C)cc1. The van der Waals surface area contributed by atoms with Crippen molar-refractivity contribution in [3.8, 4) is 5.75 Å². The standard InChI is InChI=1S/C27H34Cl2N2O3/c1-18(26(33)30-20-8-5-6-9-20)31(16-22-23(28)10-7-11-24(22)29)25(32)17-34-21-14-12-19(13-15-21)27(2,3)4/h7,10-15,18,20H,5-6,8-9,16-17H2,1-4H3,(H,30,33). The molecule has 0 aromatic heterocycles. The first-order valence-electron chi connectivity index (χ1n) is 11.8.